The molecule has 0 heterocycles. The maximum Gasteiger partial charge on any atom is 0.358 e. The first-order valence-electron chi connectivity index (χ1n) is 7.74. The van der Waals surface area contributed by atoms with E-state index in [2.05, 4.69) is 37.0 Å². The summed E-state index contributed by atoms with van der Waals surface area (Å²) in [4.78, 5) is 11.1. The summed E-state index contributed by atoms with van der Waals surface area (Å²) in [5.74, 6) is -0.00686. The molecule has 8 heteroatoms. The van der Waals surface area contributed by atoms with Gasteiger partial charge >= 0.3 is 5.97 Å². The molecule has 1 unspecified atom stereocenters. The van der Waals surface area contributed by atoms with Crippen molar-refractivity contribution in [3.05, 3.63) is 50.4 Å². The first-order chi connectivity index (χ1) is 12.3. The summed E-state index contributed by atoms with van der Waals surface area (Å²) in [7, 11) is 0. The zero-order valence-corrected chi connectivity index (χ0v) is 17.2. The van der Waals surface area contributed by atoms with Gasteiger partial charge in [-0.3, -0.25) is 0 Å². The van der Waals surface area contributed by atoms with Crippen molar-refractivity contribution < 1.29 is 25.0 Å². The molecule has 1 atom stereocenters. The number of carboxylic acids is 1. The lowest BCUT2D eigenvalue weighted by atomic mass is 9.97. The van der Waals surface area contributed by atoms with Gasteiger partial charge in [-0.2, -0.15) is 0 Å². The van der Waals surface area contributed by atoms with Gasteiger partial charge in [0.05, 0.1) is 8.95 Å². The van der Waals surface area contributed by atoms with E-state index in [9.17, 15) is 9.90 Å². The number of ether oxygens (including phenoxy) is 1. The molecule has 138 valence electrons. The first-order valence-corrected chi connectivity index (χ1v) is 9.32. The average molecular weight is 487 g/mol. The minimum absolute atomic E-state index is 0.173. The highest BCUT2D eigenvalue weighted by Gasteiger charge is 2.19. The number of phenolic OH excluding ortho intramolecular Hbond substituents is 1. The summed E-state index contributed by atoms with van der Waals surface area (Å²) in [6, 6.07) is 7.96. The van der Waals surface area contributed by atoms with Gasteiger partial charge in [0.2, 0.25) is 0 Å². The van der Waals surface area contributed by atoms with Gasteiger partial charge in [0, 0.05) is 11.1 Å². The molecule has 0 amide bonds. The number of nitrogens with zero attached hydrogens (tertiary/aromatic N) is 1. The van der Waals surface area contributed by atoms with Crippen molar-refractivity contribution in [3.63, 3.8) is 0 Å². The summed E-state index contributed by atoms with van der Waals surface area (Å²) in [5.41, 5.74) is 0.508. The fourth-order valence-corrected chi connectivity index (χ4v) is 3.69. The van der Waals surface area contributed by atoms with E-state index in [0.29, 0.717) is 20.4 Å². The molecule has 0 aromatic heterocycles. The van der Waals surface area contributed by atoms with Crippen LogP contribution in [-0.4, -0.2) is 27.1 Å². The molecule has 2 rings (SSSR count). The molecule has 0 fully saturated rings. The fraction of sp³-hybridized carbons (Fsp3) is 0.222. The van der Waals surface area contributed by atoms with Crippen LogP contribution in [0.1, 0.15) is 37.3 Å². The molecule has 0 bridgehead atoms. The number of benzene rings is 2. The molecular formula is C18H17Br2NO5. The third-order valence-electron chi connectivity index (χ3n) is 3.94. The highest BCUT2D eigenvalue weighted by atomic mass is 79.9. The van der Waals surface area contributed by atoms with Gasteiger partial charge in [0.15, 0.2) is 11.5 Å². The Balaban J connectivity index is 2.41. The number of aromatic hydroxyl groups is 1. The third kappa shape index (κ3) is 4.37. The number of hydrogen-bond donors (Lipinski definition) is 3. The second kappa shape index (κ2) is 8.55. The quantitative estimate of drug-likeness (QED) is 0.285. The van der Waals surface area contributed by atoms with E-state index >= 15 is 0 Å². The van der Waals surface area contributed by atoms with Gasteiger partial charge < -0.3 is 20.2 Å². The van der Waals surface area contributed by atoms with Crippen LogP contribution in [0.15, 0.2) is 44.4 Å². The molecule has 0 saturated carbocycles. The lowest BCUT2D eigenvalue weighted by Crippen LogP contribution is -2.14. The van der Waals surface area contributed by atoms with Gasteiger partial charge in [-0.15, -0.1) is 0 Å². The molecule has 6 nitrogen and oxygen atoms in total. The molecule has 0 saturated heterocycles. The minimum atomic E-state index is -1.35. The largest absolute Gasteiger partial charge is 0.508 e. The van der Waals surface area contributed by atoms with Crippen LogP contribution in [-0.2, 0) is 4.79 Å². The summed E-state index contributed by atoms with van der Waals surface area (Å²) in [6.07, 6.45) is 0.873. The normalized spacial score (nSPS) is 12.7. The maximum absolute atomic E-state index is 11.1. The Morgan fingerprint density at radius 2 is 1.85 bits per heavy atom. The predicted octanol–water partition coefficient (Wildman–Crippen LogP) is 5.49. The van der Waals surface area contributed by atoms with Crippen LogP contribution >= 0.6 is 31.9 Å². The van der Waals surface area contributed by atoms with Crippen molar-refractivity contribution in [2.45, 2.75) is 26.2 Å². The Morgan fingerprint density at radius 3 is 2.35 bits per heavy atom. The van der Waals surface area contributed by atoms with Gasteiger partial charge in [0.1, 0.15) is 11.5 Å². The van der Waals surface area contributed by atoms with E-state index in [0.717, 1.165) is 12.0 Å². The number of phenols is 1. The summed E-state index contributed by atoms with van der Waals surface area (Å²) < 4.78 is 6.85. The molecule has 0 spiro atoms. The van der Waals surface area contributed by atoms with Crippen molar-refractivity contribution in [2.24, 2.45) is 5.16 Å². The zero-order chi connectivity index (χ0) is 19.4. The first kappa shape index (κ1) is 20.3. The van der Waals surface area contributed by atoms with E-state index in [1.165, 1.54) is 12.1 Å². The van der Waals surface area contributed by atoms with Gasteiger partial charge in [-0.1, -0.05) is 19.0 Å². The minimum Gasteiger partial charge on any atom is -0.508 e. The van der Waals surface area contributed by atoms with Gasteiger partial charge in [0.25, 0.3) is 0 Å². The van der Waals surface area contributed by atoms with Gasteiger partial charge in [-0.25, -0.2) is 4.79 Å². The van der Waals surface area contributed by atoms with Crippen LogP contribution in [0.3, 0.4) is 0 Å². The van der Waals surface area contributed by atoms with Crippen LogP contribution in [0, 0.1) is 0 Å². The molecule has 0 aliphatic heterocycles. The number of rotatable bonds is 6. The van der Waals surface area contributed by atoms with E-state index in [-0.39, 0.29) is 17.2 Å². The molecule has 3 N–H and O–H groups in total. The smallest absolute Gasteiger partial charge is 0.358 e. The van der Waals surface area contributed by atoms with Crippen LogP contribution < -0.4 is 4.74 Å². The summed E-state index contributed by atoms with van der Waals surface area (Å²) >= 11 is 6.69. The van der Waals surface area contributed by atoms with E-state index in [1.54, 1.807) is 18.2 Å². The summed E-state index contributed by atoms with van der Waals surface area (Å²) in [5, 5.41) is 30.8. The maximum atomic E-state index is 11.1. The molecule has 2 aromatic rings. The Hall–Kier alpha value is -2.06. The van der Waals surface area contributed by atoms with Crippen molar-refractivity contribution >= 4 is 43.5 Å². The van der Waals surface area contributed by atoms with Crippen molar-refractivity contribution in [1.82, 2.24) is 0 Å². The average Bonchev–Trinajstić information content (AvgIpc) is 2.59. The van der Waals surface area contributed by atoms with E-state index in [4.69, 9.17) is 15.1 Å². The summed E-state index contributed by atoms with van der Waals surface area (Å²) in [6.45, 7) is 4.05. The number of halogens is 2. The van der Waals surface area contributed by atoms with Crippen LogP contribution in [0.4, 0.5) is 0 Å². The molecule has 0 aliphatic rings. The molecule has 2 aromatic carbocycles. The van der Waals surface area contributed by atoms with E-state index in [1.807, 2.05) is 13.8 Å². The van der Waals surface area contributed by atoms with Crippen LogP contribution in [0.5, 0.6) is 17.2 Å². The van der Waals surface area contributed by atoms with Gasteiger partial charge in [-0.05, 0) is 74.5 Å². The number of hydrogen-bond acceptors (Lipinski definition) is 5. The molecule has 0 radical (unpaired) electrons. The highest BCUT2D eigenvalue weighted by Crippen LogP contribution is 2.40. The zero-order valence-electron chi connectivity index (χ0n) is 14.0. The number of oxime groups is 1. The standard InChI is InChI=1S/C18H17Br2NO5/c1-3-9(2)12-8-11(4-5-15(12)22)26-17-13(19)6-10(7-14(17)20)16(21-25)18(23)24/h4-9,22,25H,3H2,1-2H3,(H,23,24)/b21-16+. The third-order valence-corrected chi connectivity index (χ3v) is 5.11. The second-order valence-electron chi connectivity index (χ2n) is 5.65. The lowest BCUT2D eigenvalue weighted by Gasteiger charge is -2.15. The Labute approximate surface area is 167 Å². The van der Waals surface area contributed by atoms with Crippen molar-refractivity contribution in [2.75, 3.05) is 0 Å². The Bertz CT molecular complexity index is 844. The predicted molar refractivity (Wildman–Crippen MR) is 105 cm³/mol. The van der Waals surface area contributed by atoms with Crippen molar-refractivity contribution in [1.29, 1.82) is 0 Å². The molecule has 0 aliphatic carbocycles. The monoisotopic (exact) mass is 485 g/mol. The lowest BCUT2D eigenvalue weighted by molar-refractivity contribution is -0.129. The number of carboxylic acid groups (broad SMARTS) is 1. The fourth-order valence-electron chi connectivity index (χ4n) is 2.35. The Morgan fingerprint density at radius 1 is 1.23 bits per heavy atom. The highest BCUT2D eigenvalue weighted by molar-refractivity contribution is 9.11. The number of aliphatic carboxylic acids is 1. The molecule has 26 heavy (non-hydrogen) atoms. The molecular weight excluding hydrogens is 470 g/mol. The topological polar surface area (TPSA) is 99.4 Å². The van der Waals surface area contributed by atoms with Crippen molar-refractivity contribution in [3.8, 4) is 17.2 Å². The van der Waals surface area contributed by atoms with Crippen LogP contribution in [0.2, 0.25) is 0 Å². The SMILES string of the molecule is CCC(C)c1cc(Oc2c(Br)cc(/C(=N\O)C(=O)O)cc2Br)ccc1O. The Kier molecular flexibility index (Phi) is 6.66. The number of carbonyl (C=O) groups is 1. The van der Waals surface area contributed by atoms with E-state index < -0.39 is 11.7 Å². The second-order valence-corrected chi connectivity index (χ2v) is 7.36. The van der Waals surface area contributed by atoms with Crippen LogP contribution in [0.25, 0.3) is 0 Å².